The van der Waals surface area contributed by atoms with Crippen molar-refractivity contribution in [1.29, 1.82) is 0 Å². The molecule has 10 heteroatoms. The molecule has 2 aromatic carbocycles. The molecule has 8 nitrogen and oxygen atoms in total. The maximum absolute atomic E-state index is 13.6. The van der Waals surface area contributed by atoms with E-state index in [0.717, 1.165) is 21.3 Å². The molecule has 2 heterocycles. The molecule has 0 N–H and O–H groups in total. The number of carbonyl (C=O) groups is 1. The number of hydrogen-bond donors (Lipinski definition) is 0. The predicted molar refractivity (Wildman–Crippen MR) is 111 cm³/mol. The van der Waals surface area contributed by atoms with Crippen LogP contribution in [-0.4, -0.2) is 22.0 Å². The second-order valence-electron chi connectivity index (χ2n) is 6.27. The molecule has 30 heavy (non-hydrogen) atoms. The van der Waals surface area contributed by atoms with E-state index in [1.165, 1.54) is 47.9 Å². The molecule has 1 amide bonds. The lowest BCUT2D eigenvalue weighted by atomic mass is 10.2. The van der Waals surface area contributed by atoms with Crippen LogP contribution >= 0.6 is 11.3 Å². The summed E-state index contributed by atoms with van der Waals surface area (Å²) in [4.78, 5) is 27.6. The molecule has 2 aromatic heterocycles. The molecular formula is C20H13FN4O4S. The fraction of sp³-hybridized carbons (Fsp3) is 0.0500. The molecule has 0 aliphatic carbocycles. The van der Waals surface area contributed by atoms with Crippen LogP contribution in [0.25, 0.3) is 10.2 Å². The second kappa shape index (κ2) is 7.84. The molecule has 0 bridgehead atoms. The van der Waals surface area contributed by atoms with Crippen LogP contribution < -0.4 is 5.01 Å². The van der Waals surface area contributed by atoms with E-state index in [2.05, 4.69) is 10.1 Å². The van der Waals surface area contributed by atoms with Gasteiger partial charge in [0.1, 0.15) is 10.7 Å². The Kier molecular flexibility index (Phi) is 5.07. The highest BCUT2D eigenvalue weighted by Gasteiger charge is 2.22. The Morgan fingerprint density at radius 2 is 2.10 bits per heavy atom. The van der Waals surface area contributed by atoms with Crippen LogP contribution in [0.3, 0.4) is 0 Å². The standard InChI is InChI=1S/C20H13FN4O4S/c1-12-5-7-16-17(9-12)30-20(23-16)24(19(26)13-3-2-4-14(21)10-13)22-11-15-6-8-18(29-15)25(27)28/h2-11H,1H3/b22-11+. The number of aryl methyl sites for hydroxylation is 1. The number of halogens is 1. The molecule has 150 valence electrons. The van der Waals surface area contributed by atoms with Crippen LogP contribution in [0.4, 0.5) is 15.4 Å². The number of amides is 1. The molecule has 4 rings (SSSR count). The lowest BCUT2D eigenvalue weighted by molar-refractivity contribution is -0.402. The normalized spacial score (nSPS) is 11.3. The maximum Gasteiger partial charge on any atom is 0.433 e. The van der Waals surface area contributed by atoms with E-state index in [4.69, 9.17) is 4.42 Å². The van der Waals surface area contributed by atoms with E-state index in [1.807, 2.05) is 25.1 Å². The van der Waals surface area contributed by atoms with Gasteiger partial charge < -0.3 is 4.42 Å². The largest absolute Gasteiger partial charge is 0.433 e. The van der Waals surface area contributed by atoms with Gasteiger partial charge in [-0.2, -0.15) is 10.1 Å². The van der Waals surface area contributed by atoms with Crippen LogP contribution in [0.5, 0.6) is 0 Å². The zero-order chi connectivity index (χ0) is 21.3. The first kappa shape index (κ1) is 19.4. The van der Waals surface area contributed by atoms with Gasteiger partial charge in [-0.25, -0.2) is 9.37 Å². The topological polar surface area (TPSA) is 102 Å². The first-order valence-electron chi connectivity index (χ1n) is 8.66. The summed E-state index contributed by atoms with van der Waals surface area (Å²) < 4.78 is 19.5. The minimum atomic E-state index is -0.678. The quantitative estimate of drug-likeness (QED) is 0.257. The molecule has 0 unspecified atom stereocenters. The van der Waals surface area contributed by atoms with E-state index in [0.29, 0.717) is 5.52 Å². The first-order chi connectivity index (χ1) is 14.4. The molecule has 4 aromatic rings. The number of aromatic nitrogens is 1. The molecular weight excluding hydrogens is 411 g/mol. The van der Waals surface area contributed by atoms with Crippen molar-refractivity contribution in [2.45, 2.75) is 6.92 Å². The Morgan fingerprint density at radius 1 is 1.27 bits per heavy atom. The Balaban J connectivity index is 1.75. The highest BCUT2D eigenvalue weighted by Crippen LogP contribution is 2.31. The molecule has 0 fully saturated rings. The number of benzene rings is 2. The molecule has 0 aliphatic heterocycles. The van der Waals surface area contributed by atoms with E-state index >= 15 is 0 Å². The number of hydrazone groups is 1. The van der Waals surface area contributed by atoms with Crippen molar-refractivity contribution < 1.29 is 18.5 Å². The molecule has 0 saturated carbocycles. The number of fused-ring (bicyclic) bond motifs is 1. The SMILES string of the molecule is Cc1ccc2nc(N(/N=C/c3ccc([N+](=O)[O-])o3)C(=O)c3cccc(F)c3)sc2c1. The van der Waals surface area contributed by atoms with Gasteiger partial charge in [-0.1, -0.05) is 23.5 Å². The number of carbonyl (C=O) groups excluding carboxylic acids is 1. The molecule has 0 aliphatic rings. The van der Waals surface area contributed by atoms with E-state index in [1.54, 1.807) is 0 Å². The zero-order valence-electron chi connectivity index (χ0n) is 15.5. The van der Waals surface area contributed by atoms with Gasteiger partial charge in [0.15, 0.2) is 5.76 Å². The van der Waals surface area contributed by atoms with Gasteiger partial charge in [0, 0.05) is 5.56 Å². The Morgan fingerprint density at radius 3 is 2.83 bits per heavy atom. The number of nitro groups is 1. The molecule has 0 radical (unpaired) electrons. The van der Waals surface area contributed by atoms with Gasteiger partial charge in [-0.3, -0.25) is 14.9 Å². The molecule has 0 atom stereocenters. The second-order valence-corrected chi connectivity index (χ2v) is 7.28. The van der Waals surface area contributed by atoms with Gasteiger partial charge in [0.2, 0.25) is 5.13 Å². The van der Waals surface area contributed by atoms with Crippen LogP contribution in [0.1, 0.15) is 21.7 Å². The summed E-state index contributed by atoms with van der Waals surface area (Å²) >= 11 is 1.24. The minimum absolute atomic E-state index is 0.0769. The van der Waals surface area contributed by atoms with Crippen molar-refractivity contribution >= 4 is 44.7 Å². The number of nitrogens with zero attached hydrogens (tertiary/aromatic N) is 4. The van der Waals surface area contributed by atoms with Crippen molar-refractivity contribution in [3.05, 3.63) is 87.4 Å². The third-order valence-electron chi connectivity index (χ3n) is 4.07. The van der Waals surface area contributed by atoms with Crippen LogP contribution in [0.2, 0.25) is 0 Å². The molecule has 0 saturated heterocycles. The lowest BCUT2D eigenvalue weighted by Crippen LogP contribution is -2.25. The third kappa shape index (κ3) is 3.94. The fourth-order valence-corrected chi connectivity index (χ4v) is 3.69. The van der Waals surface area contributed by atoms with Crippen molar-refractivity contribution in [3.8, 4) is 0 Å². The third-order valence-corrected chi connectivity index (χ3v) is 5.06. The van der Waals surface area contributed by atoms with Crippen LogP contribution in [0, 0.1) is 22.9 Å². The first-order valence-corrected chi connectivity index (χ1v) is 9.48. The minimum Gasteiger partial charge on any atom is -0.400 e. The van der Waals surface area contributed by atoms with Gasteiger partial charge >= 0.3 is 5.88 Å². The van der Waals surface area contributed by atoms with E-state index in [-0.39, 0.29) is 16.5 Å². The van der Waals surface area contributed by atoms with Gasteiger partial charge in [-0.15, -0.1) is 0 Å². The Hall–Kier alpha value is -3.92. The number of rotatable bonds is 5. The summed E-state index contributed by atoms with van der Waals surface area (Å²) in [5, 5.41) is 16.2. The van der Waals surface area contributed by atoms with E-state index in [9.17, 15) is 19.3 Å². The van der Waals surface area contributed by atoms with Crippen molar-refractivity contribution in [2.24, 2.45) is 5.10 Å². The summed E-state index contributed by atoms with van der Waals surface area (Å²) in [6.45, 7) is 1.94. The van der Waals surface area contributed by atoms with Gasteiger partial charge in [0.05, 0.1) is 22.5 Å². The summed E-state index contributed by atoms with van der Waals surface area (Å²) in [6.07, 6.45) is 1.17. The Bertz CT molecular complexity index is 1300. The van der Waals surface area contributed by atoms with Crippen LogP contribution in [-0.2, 0) is 0 Å². The number of hydrogen-bond acceptors (Lipinski definition) is 7. The van der Waals surface area contributed by atoms with Gasteiger partial charge in [-0.05, 0) is 48.9 Å². The maximum atomic E-state index is 13.6. The average Bonchev–Trinajstić information content (AvgIpc) is 3.35. The number of anilines is 1. The van der Waals surface area contributed by atoms with Crippen LogP contribution in [0.15, 0.2) is 64.1 Å². The van der Waals surface area contributed by atoms with Crippen molar-refractivity contribution in [2.75, 3.05) is 5.01 Å². The number of thiazole rings is 1. The summed E-state index contributed by atoms with van der Waals surface area (Å²) in [6, 6.07) is 13.4. The average molecular weight is 424 g/mol. The Labute approximate surface area is 173 Å². The fourth-order valence-electron chi connectivity index (χ4n) is 2.67. The lowest BCUT2D eigenvalue weighted by Gasteiger charge is -2.13. The predicted octanol–water partition coefficient (Wildman–Crippen LogP) is 4.93. The smallest absolute Gasteiger partial charge is 0.400 e. The van der Waals surface area contributed by atoms with E-state index < -0.39 is 22.5 Å². The molecule has 0 spiro atoms. The van der Waals surface area contributed by atoms with Gasteiger partial charge in [0.25, 0.3) is 5.91 Å². The van der Waals surface area contributed by atoms with Crippen molar-refractivity contribution in [3.63, 3.8) is 0 Å². The summed E-state index contributed by atoms with van der Waals surface area (Å²) in [5.74, 6) is -1.54. The summed E-state index contributed by atoms with van der Waals surface area (Å²) in [5.41, 5.74) is 1.79. The monoisotopic (exact) mass is 424 g/mol. The zero-order valence-corrected chi connectivity index (χ0v) is 16.3. The highest BCUT2D eigenvalue weighted by atomic mass is 32.1. The highest BCUT2D eigenvalue weighted by molar-refractivity contribution is 7.22. The number of furan rings is 1. The van der Waals surface area contributed by atoms with Crippen molar-refractivity contribution in [1.82, 2.24) is 4.98 Å². The summed E-state index contributed by atoms with van der Waals surface area (Å²) in [7, 11) is 0.